The summed E-state index contributed by atoms with van der Waals surface area (Å²) in [6.45, 7) is 4.14. The van der Waals surface area contributed by atoms with Crippen molar-refractivity contribution in [1.82, 2.24) is 9.97 Å². The molecule has 1 aromatic carbocycles. The fourth-order valence-electron chi connectivity index (χ4n) is 1.58. The van der Waals surface area contributed by atoms with Gasteiger partial charge in [0.05, 0.1) is 5.56 Å². The standard InChI is InChI=1S/C14H13BrN2O2S/c1-8(2)12-6-13(17-7-16-12)20-9-3-4-11(15)10(5-9)14(18)19/h3-8H,1-2H3,(H,18,19). The number of hydrogen-bond donors (Lipinski definition) is 1. The molecule has 20 heavy (non-hydrogen) atoms. The van der Waals surface area contributed by atoms with Crippen molar-refractivity contribution in [3.05, 3.63) is 46.3 Å². The molecule has 0 aliphatic carbocycles. The van der Waals surface area contributed by atoms with Crippen LogP contribution in [0.25, 0.3) is 0 Å². The minimum absolute atomic E-state index is 0.244. The van der Waals surface area contributed by atoms with Crippen LogP contribution in [0.3, 0.4) is 0 Å². The van der Waals surface area contributed by atoms with Crippen LogP contribution in [0, 0.1) is 0 Å². The van der Waals surface area contributed by atoms with E-state index in [1.165, 1.54) is 18.1 Å². The fourth-order valence-corrected chi connectivity index (χ4v) is 2.83. The van der Waals surface area contributed by atoms with Crippen LogP contribution < -0.4 is 0 Å². The first-order valence-electron chi connectivity index (χ1n) is 6.00. The van der Waals surface area contributed by atoms with E-state index in [-0.39, 0.29) is 5.56 Å². The number of nitrogens with zero attached hydrogens (tertiary/aromatic N) is 2. The highest BCUT2D eigenvalue weighted by atomic mass is 79.9. The topological polar surface area (TPSA) is 63.1 Å². The van der Waals surface area contributed by atoms with Crippen molar-refractivity contribution < 1.29 is 9.90 Å². The minimum Gasteiger partial charge on any atom is -0.478 e. The molecule has 0 saturated carbocycles. The summed E-state index contributed by atoms with van der Waals surface area (Å²) in [5.74, 6) is -0.623. The van der Waals surface area contributed by atoms with Gasteiger partial charge in [-0.05, 0) is 46.1 Å². The van der Waals surface area contributed by atoms with Crippen LogP contribution in [0.1, 0.15) is 35.8 Å². The van der Waals surface area contributed by atoms with Crippen molar-refractivity contribution in [1.29, 1.82) is 0 Å². The summed E-state index contributed by atoms with van der Waals surface area (Å²) in [7, 11) is 0. The number of rotatable bonds is 4. The third-order valence-corrected chi connectivity index (χ3v) is 4.26. The van der Waals surface area contributed by atoms with Crippen LogP contribution in [0.15, 0.2) is 45.0 Å². The maximum atomic E-state index is 11.1. The molecule has 0 aliphatic rings. The van der Waals surface area contributed by atoms with Crippen LogP contribution in [0.4, 0.5) is 0 Å². The Morgan fingerprint density at radius 2 is 2.05 bits per heavy atom. The van der Waals surface area contributed by atoms with E-state index in [1.54, 1.807) is 12.1 Å². The molecule has 1 aromatic heterocycles. The third-order valence-electron chi connectivity index (χ3n) is 2.65. The van der Waals surface area contributed by atoms with Gasteiger partial charge in [-0.2, -0.15) is 0 Å². The van der Waals surface area contributed by atoms with Crippen LogP contribution in [-0.2, 0) is 0 Å². The summed E-state index contributed by atoms with van der Waals surface area (Å²) in [6, 6.07) is 7.15. The largest absolute Gasteiger partial charge is 0.478 e. The Morgan fingerprint density at radius 3 is 2.70 bits per heavy atom. The van der Waals surface area contributed by atoms with Gasteiger partial charge < -0.3 is 5.11 Å². The molecule has 6 heteroatoms. The molecule has 2 rings (SSSR count). The summed E-state index contributed by atoms with van der Waals surface area (Å²) in [5.41, 5.74) is 1.21. The van der Waals surface area contributed by atoms with Gasteiger partial charge >= 0.3 is 5.97 Å². The molecule has 0 amide bonds. The Kier molecular flexibility index (Phi) is 4.77. The predicted molar refractivity (Wildman–Crippen MR) is 81.3 cm³/mol. The Morgan fingerprint density at radius 1 is 1.30 bits per heavy atom. The van der Waals surface area contributed by atoms with Crippen molar-refractivity contribution in [3.63, 3.8) is 0 Å². The van der Waals surface area contributed by atoms with Gasteiger partial charge in [-0.3, -0.25) is 0 Å². The number of carboxylic acids is 1. The van der Waals surface area contributed by atoms with Crippen LogP contribution in [-0.4, -0.2) is 21.0 Å². The second-order valence-corrected chi connectivity index (χ2v) is 6.43. The maximum absolute atomic E-state index is 11.1. The summed E-state index contributed by atoms with van der Waals surface area (Å²) in [6.07, 6.45) is 1.54. The molecule has 4 nitrogen and oxygen atoms in total. The zero-order chi connectivity index (χ0) is 14.7. The van der Waals surface area contributed by atoms with Crippen molar-refractivity contribution in [3.8, 4) is 0 Å². The van der Waals surface area contributed by atoms with E-state index >= 15 is 0 Å². The van der Waals surface area contributed by atoms with Gasteiger partial charge in [-0.1, -0.05) is 25.6 Å². The molecule has 0 atom stereocenters. The average Bonchev–Trinajstić information content (AvgIpc) is 2.41. The fraction of sp³-hybridized carbons (Fsp3) is 0.214. The number of hydrogen-bond acceptors (Lipinski definition) is 4. The molecule has 2 aromatic rings. The van der Waals surface area contributed by atoms with E-state index in [0.29, 0.717) is 10.4 Å². The van der Waals surface area contributed by atoms with Crippen molar-refractivity contribution in [2.75, 3.05) is 0 Å². The summed E-state index contributed by atoms with van der Waals surface area (Å²) in [5, 5.41) is 9.92. The SMILES string of the molecule is CC(C)c1cc(Sc2ccc(Br)c(C(=O)O)c2)ncn1. The molecule has 0 fully saturated rings. The lowest BCUT2D eigenvalue weighted by Gasteiger charge is -2.07. The Balaban J connectivity index is 2.28. The number of halogens is 1. The van der Waals surface area contributed by atoms with Gasteiger partial charge in [0, 0.05) is 15.1 Å². The quantitative estimate of drug-likeness (QED) is 0.834. The lowest BCUT2D eigenvalue weighted by molar-refractivity contribution is 0.0695. The van der Waals surface area contributed by atoms with E-state index in [0.717, 1.165) is 15.6 Å². The van der Waals surface area contributed by atoms with E-state index < -0.39 is 5.97 Å². The summed E-state index contributed by atoms with van der Waals surface area (Å²) in [4.78, 5) is 20.4. The highest BCUT2D eigenvalue weighted by Crippen LogP contribution is 2.30. The lowest BCUT2D eigenvalue weighted by Crippen LogP contribution is -1.98. The first-order chi connectivity index (χ1) is 9.47. The van der Waals surface area contributed by atoms with Gasteiger partial charge in [0.2, 0.25) is 0 Å². The first-order valence-corrected chi connectivity index (χ1v) is 7.61. The normalized spacial score (nSPS) is 10.8. The second-order valence-electron chi connectivity index (χ2n) is 4.48. The van der Waals surface area contributed by atoms with Gasteiger partial charge in [0.25, 0.3) is 0 Å². The molecule has 104 valence electrons. The molecule has 0 aliphatic heterocycles. The monoisotopic (exact) mass is 352 g/mol. The first kappa shape index (κ1) is 15.0. The van der Waals surface area contributed by atoms with Gasteiger partial charge in [-0.25, -0.2) is 14.8 Å². The molecular formula is C14H13BrN2O2S. The molecule has 0 bridgehead atoms. The van der Waals surface area contributed by atoms with Gasteiger partial charge in [-0.15, -0.1) is 0 Å². The molecular weight excluding hydrogens is 340 g/mol. The second kappa shape index (κ2) is 6.37. The van der Waals surface area contributed by atoms with Crippen LogP contribution in [0.2, 0.25) is 0 Å². The van der Waals surface area contributed by atoms with E-state index in [9.17, 15) is 4.79 Å². The third kappa shape index (κ3) is 3.58. The Hall–Kier alpha value is -1.40. The molecule has 0 unspecified atom stereocenters. The zero-order valence-electron chi connectivity index (χ0n) is 11.0. The molecule has 1 heterocycles. The van der Waals surface area contributed by atoms with Crippen molar-refractivity contribution in [2.24, 2.45) is 0 Å². The highest BCUT2D eigenvalue weighted by molar-refractivity contribution is 9.10. The number of aromatic carboxylic acids is 1. The van der Waals surface area contributed by atoms with Crippen molar-refractivity contribution >= 4 is 33.7 Å². The van der Waals surface area contributed by atoms with E-state index in [4.69, 9.17) is 5.11 Å². The molecule has 1 N–H and O–H groups in total. The van der Waals surface area contributed by atoms with Crippen molar-refractivity contribution in [2.45, 2.75) is 29.7 Å². The zero-order valence-corrected chi connectivity index (χ0v) is 13.4. The summed E-state index contributed by atoms with van der Waals surface area (Å²) >= 11 is 4.66. The van der Waals surface area contributed by atoms with E-state index in [1.807, 2.05) is 12.1 Å². The van der Waals surface area contributed by atoms with E-state index in [2.05, 4.69) is 39.7 Å². The number of carboxylic acid groups (broad SMARTS) is 1. The summed E-state index contributed by atoms with van der Waals surface area (Å²) < 4.78 is 0.569. The molecule has 0 saturated heterocycles. The number of benzene rings is 1. The molecule has 0 spiro atoms. The Bertz CT molecular complexity index is 647. The van der Waals surface area contributed by atoms with Gasteiger partial charge in [0.1, 0.15) is 11.4 Å². The molecule has 0 radical (unpaired) electrons. The van der Waals surface area contributed by atoms with Gasteiger partial charge in [0.15, 0.2) is 0 Å². The maximum Gasteiger partial charge on any atom is 0.336 e. The van der Waals surface area contributed by atoms with Crippen LogP contribution in [0.5, 0.6) is 0 Å². The average molecular weight is 353 g/mol. The van der Waals surface area contributed by atoms with Crippen LogP contribution >= 0.6 is 27.7 Å². The smallest absolute Gasteiger partial charge is 0.336 e. The number of aromatic nitrogens is 2. The Labute approximate surface area is 129 Å². The highest BCUT2D eigenvalue weighted by Gasteiger charge is 2.11. The minimum atomic E-state index is -0.954. The predicted octanol–water partition coefficient (Wildman–Crippen LogP) is 4.21. The lowest BCUT2D eigenvalue weighted by atomic mass is 10.1. The number of carbonyl (C=O) groups is 1.